The van der Waals surface area contributed by atoms with E-state index in [0.29, 0.717) is 11.3 Å². The van der Waals surface area contributed by atoms with Crippen LogP contribution in [0.5, 0.6) is 0 Å². The second-order valence-electron chi connectivity index (χ2n) is 3.79. The van der Waals surface area contributed by atoms with Gasteiger partial charge < -0.3 is 5.11 Å². The zero-order chi connectivity index (χ0) is 13.4. The van der Waals surface area contributed by atoms with E-state index in [4.69, 9.17) is 5.11 Å². The molecule has 19 heavy (non-hydrogen) atoms. The summed E-state index contributed by atoms with van der Waals surface area (Å²) in [5.41, 5.74) is 1.28. The molecule has 0 aliphatic heterocycles. The largest absolute Gasteiger partial charge is 0.475 e. The number of fused-ring (bicyclic) bond motifs is 1. The lowest BCUT2D eigenvalue weighted by Crippen LogP contribution is -2.00. The second-order valence-corrected chi connectivity index (χ2v) is 3.79. The first kappa shape index (κ1) is 11.3. The molecule has 2 heterocycles. The Labute approximate surface area is 106 Å². The van der Waals surface area contributed by atoms with Crippen molar-refractivity contribution in [2.45, 2.75) is 0 Å². The molecule has 6 nitrogen and oxygen atoms in total. The third-order valence-corrected chi connectivity index (χ3v) is 2.57. The molecule has 0 fully saturated rings. The minimum Gasteiger partial charge on any atom is -0.475 e. The van der Waals surface area contributed by atoms with Crippen LogP contribution in [-0.2, 0) is 0 Å². The standard InChI is InChI=1S/C12H7FN4O2/c13-8-3-1-7(2-4-8)9-5-6-14-12-15-10(11(18)19)16-17(9)12/h1-6H,(H,18,19). The molecule has 0 spiro atoms. The third kappa shape index (κ3) is 1.90. The van der Waals surface area contributed by atoms with Crippen LogP contribution < -0.4 is 0 Å². The van der Waals surface area contributed by atoms with E-state index >= 15 is 0 Å². The van der Waals surface area contributed by atoms with Crippen LogP contribution in [0, 0.1) is 5.82 Å². The number of halogens is 1. The smallest absolute Gasteiger partial charge is 0.375 e. The number of hydrogen-bond donors (Lipinski definition) is 1. The molecule has 0 aliphatic carbocycles. The van der Waals surface area contributed by atoms with E-state index in [0.717, 1.165) is 0 Å². The average molecular weight is 258 g/mol. The molecule has 1 N–H and O–H groups in total. The molecule has 0 aliphatic rings. The molecule has 0 amide bonds. The van der Waals surface area contributed by atoms with Crippen molar-refractivity contribution in [1.82, 2.24) is 19.6 Å². The van der Waals surface area contributed by atoms with E-state index in [2.05, 4.69) is 15.1 Å². The summed E-state index contributed by atoms with van der Waals surface area (Å²) in [7, 11) is 0. The predicted molar refractivity (Wildman–Crippen MR) is 63.1 cm³/mol. The quantitative estimate of drug-likeness (QED) is 0.755. The minimum atomic E-state index is -1.23. The topological polar surface area (TPSA) is 80.4 Å². The maximum atomic E-state index is 12.9. The number of aromatic nitrogens is 4. The van der Waals surface area contributed by atoms with Crippen LogP contribution in [0.4, 0.5) is 4.39 Å². The summed E-state index contributed by atoms with van der Waals surface area (Å²) >= 11 is 0. The molecule has 0 unspecified atom stereocenters. The fourth-order valence-corrected chi connectivity index (χ4v) is 1.72. The zero-order valence-corrected chi connectivity index (χ0v) is 9.49. The first-order valence-electron chi connectivity index (χ1n) is 5.36. The molecule has 2 aromatic heterocycles. The van der Waals surface area contributed by atoms with Crippen LogP contribution in [0.3, 0.4) is 0 Å². The van der Waals surface area contributed by atoms with Gasteiger partial charge in [0.05, 0.1) is 5.69 Å². The van der Waals surface area contributed by atoms with Crippen LogP contribution in [-0.4, -0.2) is 30.7 Å². The number of rotatable bonds is 2. The Bertz CT molecular complexity index is 767. The van der Waals surface area contributed by atoms with E-state index in [1.807, 2.05) is 0 Å². The van der Waals surface area contributed by atoms with Crippen molar-refractivity contribution in [2.24, 2.45) is 0 Å². The van der Waals surface area contributed by atoms with Crippen LogP contribution >= 0.6 is 0 Å². The second kappa shape index (κ2) is 4.13. The maximum absolute atomic E-state index is 12.9. The highest BCUT2D eigenvalue weighted by Gasteiger charge is 2.14. The third-order valence-electron chi connectivity index (χ3n) is 2.57. The molecule has 1 aromatic carbocycles. The summed E-state index contributed by atoms with van der Waals surface area (Å²) in [4.78, 5) is 18.6. The number of carboxylic acids is 1. The lowest BCUT2D eigenvalue weighted by atomic mass is 10.1. The van der Waals surface area contributed by atoms with Crippen molar-refractivity contribution in [1.29, 1.82) is 0 Å². The van der Waals surface area contributed by atoms with Gasteiger partial charge >= 0.3 is 5.97 Å². The Morgan fingerprint density at radius 2 is 1.95 bits per heavy atom. The van der Waals surface area contributed by atoms with Gasteiger partial charge in [0.15, 0.2) is 0 Å². The molecular weight excluding hydrogens is 251 g/mol. The van der Waals surface area contributed by atoms with E-state index in [1.54, 1.807) is 18.2 Å². The summed E-state index contributed by atoms with van der Waals surface area (Å²) in [6.07, 6.45) is 1.49. The summed E-state index contributed by atoms with van der Waals surface area (Å²) in [6.45, 7) is 0. The minimum absolute atomic E-state index is 0.180. The van der Waals surface area contributed by atoms with Gasteiger partial charge in [0.25, 0.3) is 11.6 Å². The van der Waals surface area contributed by atoms with Crippen molar-refractivity contribution in [2.75, 3.05) is 0 Å². The van der Waals surface area contributed by atoms with Gasteiger partial charge in [-0.1, -0.05) is 0 Å². The molecule has 0 atom stereocenters. The summed E-state index contributed by atoms with van der Waals surface area (Å²) in [5, 5.41) is 12.7. The zero-order valence-electron chi connectivity index (χ0n) is 9.49. The summed E-state index contributed by atoms with van der Waals surface area (Å²) < 4.78 is 14.2. The molecular formula is C12H7FN4O2. The lowest BCUT2D eigenvalue weighted by molar-refractivity contribution is 0.0684. The Balaban J connectivity index is 2.23. The van der Waals surface area contributed by atoms with Gasteiger partial charge in [-0.15, -0.1) is 5.10 Å². The van der Waals surface area contributed by atoms with E-state index in [1.165, 1.54) is 22.8 Å². The number of benzene rings is 1. The van der Waals surface area contributed by atoms with Crippen molar-refractivity contribution < 1.29 is 14.3 Å². The molecule has 0 saturated heterocycles. The SMILES string of the molecule is O=C(O)c1nc2nccc(-c3ccc(F)cc3)n2n1. The molecule has 94 valence electrons. The van der Waals surface area contributed by atoms with Crippen molar-refractivity contribution in [3.63, 3.8) is 0 Å². The van der Waals surface area contributed by atoms with Gasteiger partial charge in [-0.2, -0.15) is 9.50 Å². The first-order valence-corrected chi connectivity index (χ1v) is 5.36. The lowest BCUT2D eigenvalue weighted by Gasteiger charge is -2.02. The van der Waals surface area contributed by atoms with Gasteiger partial charge in [-0.3, -0.25) is 0 Å². The highest BCUT2D eigenvalue weighted by Crippen LogP contribution is 2.19. The Morgan fingerprint density at radius 1 is 1.21 bits per heavy atom. The van der Waals surface area contributed by atoms with E-state index < -0.39 is 5.97 Å². The highest BCUT2D eigenvalue weighted by atomic mass is 19.1. The van der Waals surface area contributed by atoms with Gasteiger partial charge in [-0.25, -0.2) is 14.2 Å². The number of aromatic carboxylic acids is 1. The van der Waals surface area contributed by atoms with Gasteiger partial charge in [0, 0.05) is 11.8 Å². The van der Waals surface area contributed by atoms with Crippen LogP contribution in [0.2, 0.25) is 0 Å². The fourth-order valence-electron chi connectivity index (χ4n) is 1.72. The summed E-state index contributed by atoms with van der Waals surface area (Å²) in [5.74, 6) is -1.73. The number of hydrogen-bond acceptors (Lipinski definition) is 4. The Kier molecular flexibility index (Phi) is 2.45. The monoisotopic (exact) mass is 258 g/mol. The van der Waals surface area contributed by atoms with Crippen molar-refractivity contribution in [3.8, 4) is 11.3 Å². The average Bonchev–Trinajstić information content (AvgIpc) is 2.83. The van der Waals surface area contributed by atoms with E-state index in [9.17, 15) is 9.18 Å². The normalized spacial score (nSPS) is 10.8. The summed E-state index contributed by atoms with van der Waals surface area (Å²) in [6, 6.07) is 7.44. The fraction of sp³-hybridized carbons (Fsp3) is 0. The van der Waals surface area contributed by atoms with Crippen molar-refractivity contribution >= 4 is 11.7 Å². The predicted octanol–water partition coefficient (Wildman–Crippen LogP) is 1.63. The molecule has 0 radical (unpaired) electrons. The molecule has 0 saturated carbocycles. The maximum Gasteiger partial charge on any atom is 0.375 e. The molecule has 3 aromatic rings. The van der Waals surface area contributed by atoms with Crippen molar-refractivity contribution in [3.05, 3.63) is 48.2 Å². The van der Waals surface area contributed by atoms with Crippen LogP contribution in [0.25, 0.3) is 17.0 Å². The molecule has 7 heteroatoms. The van der Waals surface area contributed by atoms with Gasteiger partial charge in [0.2, 0.25) is 0 Å². The number of carboxylic acid groups (broad SMARTS) is 1. The molecule has 3 rings (SSSR count). The van der Waals surface area contributed by atoms with Gasteiger partial charge in [-0.05, 0) is 30.3 Å². The Hall–Kier alpha value is -2.83. The Morgan fingerprint density at radius 3 is 2.63 bits per heavy atom. The number of nitrogens with zero attached hydrogens (tertiary/aromatic N) is 4. The number of carbonyl (C=O) groups is 1. The first-order chi connectivity index (χ1) is 9.15. The van der Waals surface area contributed by atoms with Crippen LogP contribution in [0.1, 0.15) is 10.6 Å². The van der Waals surface area contributed by atoms with Crippen LogP contribution in [0.15, 0.2) is 36.5 Å². The van der Waals surface area contributed by atoms with E-state index in [-0.39, 0.29) is 17.4 Å². The molecule has 0 bridgehead atoms. The highest BCUT2D eigenvalue weighted by molar-refractivity contribution is 5.83. The van der Waals surface area contributed by atoms with Gasteiger partial charge in [0.1, 0.15) is 5.82 Å².